The molecule has 0 saturated heterocycles. The first-order chi connectivity index (χ1) is 15.1. The zero-order valence-corrected chi connectivity index (χ0v) is 16.6. The molecule has 0 bridgehead atoms. The van der Waals surface area contributed by atoms with Gasteiger partial charge in [0.25, 0.3) is 17.1 Å². The fraction of sp³-hybridized carbons (Fsp3) is 0.0667. The number of nitrogens with one attached hydrogen (secondary N) is 1. The molecule has 0 aliphatic carbocycles. The fourth-order valence-electron chi connectivity index (χ4n) is 2.60. The standard InChI is InChI=1S/C15H10N8O8S/c1-32-15-17-14(16-10-4-2-8(20(24)25)6-12(10)22(28)29)18-19(15)11-5-3-9(21(26)27)7-13(11)23(30)31/h2-7H,1H3,(H,16,18). The lowest BCUT2D eigenvalue weighted by Crippen LogP contribution is -2.04. The second kappa shape index (κ2) is 8.60. The first-order valence-corrected chi connectivity index (χ1v) is 9.49. The molecule has 164 valence electrons. The summed E-state index contributed by atoms with van der Waals surface area (Å²) in [6.07, 6.45) is 1.59. The van der Waals surface area contributed by atoms with Gasteiger partial charge in [-0.1, -0.05) is 11.8 Å². The van der Waals surface area contributed by atoms with Crippen molar-refractivity contribution in [3.63, 3.8) is 0 Å². The summed E-state index contributed by atoms with van der Waals surface area (Å²) in [5.74, 6) is -0.195. The minimum Gasteiger partial charge on any atom is -0.317 e. The van der Waals surface area contributed by atoms with Gasteiger partial charge in [0.15, 0.2) is 5.16 Å². The molecule has 0 atom stereocenters. The van der Waals surface area contributed by atoms with Crippen molar-refractivity contribution < 1.29 is 19.7 Å². The molecule has 0 spiro atoms. The van der Waals surface area contributed by atoms with Crippen LogP contribution in [0.2, 0.25) is 0 Å². The van der Waals surface area contributed by atoms with Crippen molar-refractivity contribution in [1.29, 1.82) is 0 Å². The summed E-state index contributed by atoms with van der Waals surface area (Å²) in [4.78, 5) is 45.5. The lowest BCUT2D eigenvalue weighted by molar-refractivity contribution is -0.394. The van der Waals surface area contributed by atoms with E-state index in [4.69, 9.17) is 0 Å². The number of hydrogen-bond acceptors (Lipinski definition) is 12. The molecule has 17 heteroatoms. The number of nitro groups is 4. The molecular weight excluding hydrogens is 452 g/mol. The van der Waals surface area contributed by atoms with Crippen LogP contribution >= 0.6 is 11.8 Å². The van der Waals surface area contributed by atoms with Gasteiger partial charge < -0.3 is 5.32 Å². The van der Waals surface area contributed by atoms with Crippen molar-refractivity contribution >= 4 is 46.1 Å². The first kappa shape index (κ1) is 22.0. The molecule has 0 unspecified atom stereocenters. The Morgan fingerprint density at radius 2 is 1.41 bits per heavy atom. The number of hydrogen-bond donors (Lipinski definition) is 1. The molecule has 0 radical (unpaired) electrons. The molecule has 1 heterocycles. The molecule has 2 aromatic carbocycles. The molecule has 0 aliphatic heterocycles. The van der Waals surface area contributed by atoms with Crippen molar-refractivity contribution in [2.75, 3.05) is 11.6 Å². The van der Waals surface area contributed by atoms with E-state index in [0.29, 0.717) is 0 Å². The Balaban J connectivity index is 2.07. The van der Waals surface area contributed by atoms with Crippen LogP contribution in [0.1, 0.15) is 0 Å². The minimum absolute atomic E-state index is 0.122. The zero-order chi connectivity index (χ0) is 23.6. The van der Waals surface area contributed by atoms with Crippen LogP contribution in [-0.4, -0.2) is 40.7 Å². The van der Waals surface area contributed by atoms with Gasteiger partial charge >= 0.3 is 5.69 Å². The van der Waals surface area contributed by atoms with E-state index in [1.165, 1.54) is 0 Å². The van der Waals surface area contributed by atoms with Crippen molar-refractivity contribution in [2.24, 2.45) is 0 Å². The summed E-state index contributed by atoms with van der Waals surface area (Å²) < 4.78 is 1.05. The largest absolute Gasteiger partial charge is 0.317 e. The van der Waals surface area contributed by atoms with Crippen molar-refractivity contribution in [2.45, 2.75) is 5.16 Å². The second-order valence-electron chi connectivity index (χ2n) is 5.86. The predicted octanol–water partition coefficient (Wildman–Crippen LogP) is 3.37. The van der Waals surface area contributed by atoms with Crippen molar-refractivity contribution in [3.8, 4) is 5.69 Å². The maximum Gasteiger partial charge on any atom is 0.301 e. The van der Waals surface area contributed by atoms with Gasteiger partial charge in [0, 0.05) is 12.1 Å². The van der Waals surface area contributed by atoms with Crippen molar-refractivity contribution in [1.82, 2.24) is 14.8 Å². The third kappa shape index (κ3) is 4.26. The number of aromatic nitrogens is 3. The van der Waals surface area contributed by atoms with E-state index in [1.807, 2.05) is 0 Å². The highest BCUT2D eigenvalue weighted by molar-refractivity contribution is 7.98. The molecule has 1 aromatic heterocycles. The topological polar surface area (TPSA) is 215 Å². The van der Waals surface area contributed by atoms with Crippen LogP contribution in [0.5, 0.6) is 0 Å². The van der Waals surface area contributed by atoms with Gasteiger partial charge in [-0.15, -0.1) is 5.10 Å². The third-order valence-electron chi connectivity index (χ3n) is 3.99. The van der Waals surface area contributed by atoms with Gasteiger partial charge in [0.05, 0.1) is 31.8 Å². The van der Waals surface area contributed by atoms with Gasteiger partial charge in [-0.05, 0) is 18.4 Å². The number of benzene rings is 2. The number of nitrogens with zero attached hydrogens (tertiary/aromatic N) is 7. The summed E-state index contributed by atoms with van der Waals surface area (Å²) in [7, 11) is 0. The van der Waals surface area contributed by atoms with Gasteiger partial charge in [-0.25, -0.2) is 0 Å². The highest BCUT2D eigenvalue weighted by Crippen LogP contribution is 2.33. The summed E-state index contributed by atoms with van der Waals surface area (Å²) in [6, 6.07) is 5.86. The Hall–Kier alpha value is -4.67. The lowest BCUT2D eigenvalue weighted by atomic mass is 10.2. The Kier molecular flexibility index (Phi) is 5.92. The van der Waals surface area contributed by atoms with Gasteiger partial charge in [-0.3, -0.25) is 40.5 Å². The van der Waals surface area contributed by atoms with E-state index in [-0.39, 0.29) is 22.5 Å². The number of anilines is 2. The van der Waals surface area contributed by atoms with Crippen molar-refractivity contribution in [3.05, 3.63) is 76.9 Å². The highest BCUT2D eigenvalue weighted by atomic mass is 32.2. The third-order valence-corrected chi connectivity index (χ3v) is 4.62. The molecule has 0 aliphatic rings. The lowest BCUT2D eigenvalue weighted by Gasteiger charge is -2.05. The smallest absolute Gasteiger partial charge is 0.301 e. The molecule has 0 saturated carbocycles. The SMILES string of the molecule is CSc1nc(Nc2ccc([N+](=O)[O-])cc2[N+](=O)[O-])nn1-c1ccc([N+](=O)[O-])cc1[N+](=O)[O-]. The first-order valence-electron chi connectivity index (χ1n) is 8.26. The Morgan fingerprint density at radius 3 is 1.94 bits per heavy atom. The number of rotatable bonds is 8. The van der Waals surface area contributed by atoms with Crippen LogP contribution in [0, 0.1) is 40.5 Å². The second-order valence-corrected chi connectivity index (χ2v) is 6.64. The molecule has 3 aromatic rings. The summed E-state index contributed by atoms with van der Waals surface area (Å²) in [5.41, 5.74) is -2.47. The Morgan fingerprint density at radius 1 is 0.844 bits per heavy atom. The summed E-state index contributed by atoms with van der Waals surface area (Å²) in [5, 5.41) is 51.3. The van der Waals surface area contributed by atoms with Crippen LogP contribution in [0.3, 0.4) is 0 Å². The van der Waals surface area contributed by atoms with Crippen LogP contribution in [0.15, 0.2) is 41.6 Å². The van der Waals surface area contributed by atoms with Gasteiger partial charge in [-0.2, -0.15) is 9.67 Å². The molecule has 1 N–H and O–H groups in total. The Bertz CT molecular complexity index is 1280. The predicted molar refractivity (Wildman–Crippen MR) is 109 cm³/mol. The van der Waals surface area contributed by atoms with Gasteiger partial charge in [0.1, 0.15) is 11.4 Å². The van der Waals surface area contributed by atoms with Crippen LogP contribution in [0.4, 0.5) is 34.4 Å². The molecule has 32 heavy (non-hydrogen) atoms. The zero-order valence-electron chi connectivity index (χ0n) is 15.8. The van der Waals surface area contributed by atoms with E-state index in [0.717, 1.165) is 52.8 Å². The van der Waals surface area contributed by atoms with E-state index in [2.05, 4.69) is 15.4 Å². The molecule has 0 fully saturated rings. The minimum atomic E-state index is -0.830. The monoisotopic (exact) mass is 462 g/mol. The average molecular weight is 462 g/mol. The molecular formula is C15H10N8O8S. The maximum atomic E-state index is 11.4. The van der Waals surface area contributed by atoms with Crippen LogP contribution < -0.4 is 5.32 Å². The molecule has 16 nitrogen and oxygen atoms in total. The van der Waals surface area contributed by atoms with E-state index in [1.54, 1.807) is 6.26 Å². The quantitative estimate of drug-likeness (QED) is 0.289. The maximum absolute atomic E-state index is 11.4. The summed E-state index contributed by atoms with van der Waals surface area (Å²) >= 11 is 1.04. The average Bonchev–Trinajstić information content (AvgIpc) is 3.15. The highest BCUT2D eigenvalue weighted by Gasteiger charge is 2.25. The fourth-order valence-corrected chi connectivity index (χ4v) is 3.09. The molecule has 3 rings (SSSR count). The molecule has 0 amide bonds. The number of nitro benzene ring substituents is 4. The van der Waals surface area contributed by atoms with Crippen LogP contribution in [0.25, 0.3) is 5.69 Å². The normalized spacial score (nSPS) is 10.5. The van der Waals surface area contributed by atoms with Gasteiger partial charge in [0.2, 0.25) is 5.95 Å². The Labute approximate surface area is 180 Å². The van der Waals surface area contributed by atoms with E-state index >= 15 is 0 Å². The number of non-ortho nitro benzene ring substituents is 2. The van der Waals surface area contributed by atoms with E-state index < -0.39 is 42.4 Å². The summed E-state index contributed by atoms with van der Waals surface area (Å²) in [6.45, 7) is 0. The van der Waals surface area contributed by atoms with E-state index in [9.17, 15) is 40.5 Å². The van der Waals surface area contributed by atoms with Crippen LogP contribution in [-0.2, 0) is 0 Å². The number of thioether (sulfide) groups is 1.